The first-order valence-electron chi connectivity index (χ1n) is 8.57. The normalized spacial score (nSPS) is 15.4. The Balaban J connectivity index is 2.76. The number of thioether (sulfide) groups is 1. The second kappa shape index (κ2) is 8.55. The second-order valence-electron chi connectivity index (χ2n) is 5.97. The van der Waals surface area contributed by atoms with Gasteiger partial charge in [-0.1, -0.05) is 30.1 Å². The Labute approximate surface area is 168 Å². The summed E-state index contributed by atoms with van der Waals surface area (Å²) in [6.45, 7) is 11.1. The van der Waals surface area contributed by atoms with E-state index in [2.05, 4.69) is 6.58 Å². The van der Waals surface area contributed by atoms with Gasteiger partial charge >= 0.3 is 0 Å². The number of carbonyl (C=O) groups is 1. The molecule has 1 saturated heterocycles. The molecule has 0 N–H and O–H groups in total. The van der Waals surface area contributed by atoms with Crippen LogP contribution in [0.4, 0.5) is 5.82 Å². The maximum Gasteiger partial charge on any atom is 0.270 e. The molecule has 0 saturated carbocycles. The summed E-state index contributed by atoms with van der Waals surface area (Å²) in [6, 6.07) is 2.00. The molecule has 0 atom stereocenters. The lowest BCUT2D eigenvalue weighted by Crippen LogP contribution is -2.33. The zero-order valence-corrected chi connectivity index (χ0v) is 17.5. The van der Waals surface area contributed by atoms with Gasteiger partial charge in [0.25, 0.3) is 11.5 Å². The van der Waals surface area contributed by atoms with Crippen LogP contribution in [0.3, 0.4) is 0 Å². The van der Waals surface area contributed by atoms with E-state index in [0.29, 0.717) is 45.8 Å². The van der Waals surface area contributed by atoms with E-state index in [0.717, 1.165) is 0 Å². The lowest BCUT2D eigenvalue weighted by atomic mass is 10.0. The maximum atomic E-state index is 12.7. The van der Waals surface area contributed by atoms with Crippen molar-refractivity contribution < 1.29 is 4.79 Å². The SMILES string of the molecule is C=CCN1C(=O)C(=Cc2c(C)c(C#N)c(=O)n(C)c2N(CC)CC)SC1=S. The first-order valence-corrected chi connectivity index (χ1v) is 9.79. The molecule has 6 nitrogen and oxygen atoms in total. The summed E-state index contributed by atoms with van der Waals surface area (Å²) in [5.41, 5.74) is 1.00. The van der Waals surface area contributed by atoms with Crippen LogP contribution in [0.5, 0.6) is 0 Å². The number of thiocarbonyl (C=S) groups is 1. The van der Waals surface area contributed by atoms with E-state index in [4.69, 9.17) is 12.2 Å². The zero-order chi connectivity index (χ0) is 20.3. The number of hydrogen-bond acceptors (Lipinski definition) is 6. The predicted octanol–water partition coefficient (Wildman–Crippen LogP) is 2.80. The molecule has 0 aliphatic carbocycles. The van der Waals surface area contributed by atoms with Gasteiger partial charge in [0.05, 0.1) is 4.91 Å². The van der Waals surface area contributed by atoms with E-state index in [9.17, 15) is 14.9 Å². The molecule has 27 heavy (non-hydrogen) atoms. The van der Waals surface area contributed by atoms with Crippen LogP contribution >= 0.6 is 24.0 Å². The highest BCUT2D eigenvalue weighted by Gasteiger charge is 2.32. The highest BCUT2D eigenvalue weighted by molar-refractivity contribution is 8.26. The van der Waals surface area contributed by atoms with Crippen molar-refractivity contribution in [3.8, 4) is 6.07 Å². The quantitative estimate of drug-likeness (QED) is 0.414. The summed E-state index contributed by atoms with van der Waals surface area (Å²) in [5, 5.41) is 9.45. The van der Waals surface area contributed by atoms with Gasteiger partial charge in [-0.3, -0.25) is 19.1 Å². The molecule has 1 aromatic rings. The van der Waals surface area contributed by atoms with Crippen molar-refractivity contribution in [3.63, 3.8) is 0 Å². The van der Waals surface area contributed by atoms with Crippen molar-refractivity contribution in [2.75, 3.05) is 24.5 Å². The Morgan fingerprint density at radius 2 is 1.96 bits per heavy atom. The van der Waals surface area contributed by atoms with Gasteiger partial charge in [-0.15, -0.1) is 6.58 Å². The van der Waals surface area contributed by atoms with Crippen LogP contribution in [-0.2, 0) is 11.8 Å². The first kappa shape index (κ1) is 20.9. The van der Waals surface area contributed by atoms with E-state index in [1.807, 2.05) is 24.8 Å². The molecule has 0 spiro atoms. The fourth-order valence-corrected chi connectivity index (χ4v) is 4.29. The van der Waals surface area contributed by atoms with Crippen LogP contribution in [0.1, 0.15) is 30.5 Å². The number of nitriles is 1. The Hall–Kier alpha value is -2.37. The minimum absolute atomic E-state index is 0.0845. The number of aromatic nitrogens is 1. The van der Waals surface area contributed by atoms with Crippen molar-refractivity contribution in [2.24, 2.45) is 7.05 Å². The Kier molecular flexibility index (Phi) is 6.63. The topological polar surface area (TPSA) is 69.3 Å². The molecule has 0 bridgehead atoms. The molecule has 1 fully saturated rings. The van der Waals surface area contributed by atoms with Crippen molar-refractivity contribution in [3.05, 3.63) is 44.6 Å². The molecule has 0 unspecified atom stereocenters. The molecule has 2 rings (SSSR count). The molecule has 0 radical (unpaired) electrons. The zero-order valence-electron chi connectivity index (χ0n) is 15.9. The van der Waals surface area contributed by atoms with Crippen LogP contribution < -0.4 is 10.5 Å². The number of rotatable bonds is 6. The summed E-state index contributed by atoms with van der Waals surface area (Å²) in [7, 11) is 1.65. The number of amides is 1. The molecular formula is C19H22N4O2S2. The molecule has 8 heteroatoms. The highest BCUT2D eigenvalue weighted by Crippen LogP contribution is 2.35. The lowest BCUT2D eigenvalue weighted by Gasteiger charge is -2.27. The number of hydrogen-bond donors (Lipinski definition) is 0. The minimum Gasteiger partial charge on any atom is -0.358 e. The van der Waals surface area contributed by atoms with E-state index in [1.54, 1.807) is 26.1 Å². The van der Waals surface area contributed by atoms with Crippen LogP contribution in [0.25, 0.3) is 6.08 Å². The molecular weight excluding hydrogens is 380 g/mol. The third-order valence-electron chi connectivity index (χ3n) is 4.49. The maximum absolute atomic E-state index is 12.7. The van der Waals surface area contributed by atoms with Crippen LogP contribution in [0, 0.1) is 18.3 Å². The molecule has 1 aromatic heterocycles. The fraction of sp³-hybridized carbons (Fsp3) is 0.368. The molecule has 1 aliphatic rings. The standard InChI is InChI=1S/C19H22N4O2S2/c1-6-9-23-18(25)15(27-19(23)26)10-13-12(4)14(11-20)17(24)21(5)16(13)22(7-2)8-3/h6,10H,1,7-9H2,2-5H3. The highest BCUT2D eigenvalue weighted by atomic mass is 32.2. The van der Waals surface area contributed by atoms with E-state index >= 15 is 0 Å². The number of anilines is 1. The van der Waals surface area contributed by atoms with E-state index < -0.39 is 0 Å². The summed E-state index contributed by atoms with van der Waals surface area (Å²) >= 11 is 6.51. The average molecular weight is 403 g/mol. The Morgan fingerprint density at radius 1 is 1.33 bits per heavy atom. The fourth-order valence-electron chi connectivity index (χ4n) is 3.04. The van der Waals surface area contributed by atoms with Gasteiger partial charge in [0.15, 0.2) is 0 Å². The summed E-state index contributed by atoms with van der Waals surface area (Å²) in [5.74, 6) is 0.498. The van der Waals surface area contributed by atoms with E-state index in [1.165, 1.54) is 21.2 Å². The monoisotopic (exact) mass is 402 g/mol. The minimum atomic E-state index is -0.340. The van der Waals surface area contributed by atoms with Crippen LogP contribution in [-0.4, -0.2) is 39.3 Å². The van der Waals surface area contributed by atoms with Crippen molar-refractivity contribution in [1.82, 2.24) is 9.47 Å². The molecule has 1 amide bonds. The van der Waals surface area contributed by atoms with Gasteiger partial charge in [0.1, 0.15) is 21.8 Å². The number of pyridine rings is 1. The van der Waals surface area contributed by atoms with Gasteiger partial charge in [-0.05, 0) is 32.4 Å². The van der Waals surface area contributed by atoms with Crippen LogP contribution in [0.15, 0.2) is 22.4 Å². The van der Waals surface area contributed by atoms with Gasteiger partial charge < -0.3 is 4.90 Å². The smallest absolute Gasteiger partial charge is 0.270 e. The number of nitrogens with zero attached hydrogens (tertiary/aromatic N) is 4. The average Bonchev–Trinajstić information content (AvgIpc) is 2.91. The molecule has 0 aromatic carbocycles. The van der Waals surface area contributed by atoms with Crippen LogP contribution in [0.2, 0.25) is 0 Å². The van der Waals surface area contributed by atoms with Gasteiger partial charge in [0.2, 0.25) is 0 Å². The van der Waals surface area contributed by atoms with Gasteiger partial charge in [0, 0.05) is 32.2 Å². The van der Waals surface area contributed by atoms with Gasteiger partial charge in [-0.25, -0.2) is 0 Å². The van der Waals surface area contributed by atoms with Crippen molar-refractivity contribution in [2.45, 2.75) is 20.8 Å². The Bertz CT molecular complexity index is 936. The van der Waals surface area contributed by atoms with E-state index in [-0.39, 0.29) is 17.0 Å². The predicted molar refractivity (Wildman–Crippen MR) is 115 cm³/mol. The molecule has 142 valence electrons. The summed E-state index contributed by atoms with van der Waals surface area (Å²) < 4.78 is 1.95. The van der Waals surface area contributed by atoms with Crippen molar-refractivity contribution >= 4 is 46.1 Å². The third-order valence-corrected chi connectivity index (χ3v) is 5.87. The first-order chi connectivity index (χ1) is 12.8. The summed E-state index contributed by atoms with van der Waals surface area (Å²) in [6.07, 6.45) is 3.37. The largest absolute Gasteiger partial charge is 0.358 e. The van der Waals surface area contributed by atoms with Crippen molar-refractivity contribution in [1.29, 1.82) is 5.26 Å². The molecule has 1 aliphatic heterocycles. The van der Waals surface area contributed by atoms with Gasteiger partial charge in [-0.2, -0.15) is 5.26 Å². The molecule has 2 heterocycles. The lowest BCUT2D eigenvalue weighted by molar-refractivity contribution is -0.121. The third kappa shape index (κ3) is 3.70. The Morgan fingerprint density at radius 3 is 2.48 bits per heavy atom. The second-order valence-corrected chi connectivity index (χ2v) is 7.64. The summed E-state index contributed by atoms with van der Waals surface area (Å²) in [4.78, 5) is 29.3. The number of carbonyl (C=O) groups excluding carboxylic acids is 1.